The average Bonchev–Trinajstić information content (AvgIpc) is 2.75. The van der Waals surface area contributed by atoms with Crippen LogP contribution in [0.1, 0.15) is 37.7 Å². The van der Waals surface area contributed by atoms with E-state index in [2.05, 4.69) is 10.6 Å². The van der Waals surface area contributed by atoms with Crippen LogP contribution in [0.5, 0.6) is 0 Å². The number of nitro benzene ring substituents is 1. The first-order valence-electron chi connectivity index (χ1n) is 7.33. The van der Waals surface area contributed by atoms with Crippen LogP contribution in [-0.2, 0) is 4.79 Å². The van der Waals surface area contributed by atoms with Crippen LogP contribution < -0.4 is 10.6 Å². The number of benzene rings is 1. The number of hydrogen-bond acceptors (Lipinski definition) is 4. The molecule has 2 N–H and O–H groups in total. The fraction of sp³-hybridized carbons (Fsp3) is 0.533. The first kappa shape index (κ1) is 15.4. The third kappa shape index (κ3) is 4.26. The lowest BCUT2D eigenvalue weighted by Gasteiger charge is -2.19. The Labute approximate surface area is 124 Å². The molecule has 1 aliphatic heterocycles. The van der Waals surface area contributed by atoms with E-state index < -0.39 is 10.8 Å². The second kappa shape index (κ2) is 7.17. The summed E-state index contributed by atoms with van der Waals surface area (Å²) in [5.41, 5.74) is 0.687. The fourth-order valence-electron chi connectivity index (χ4n) is 2.53. The van der Waals surface area contributed by atoms with Gasteiger partial charge in [-0.3, -0.25) is 14.9 Å². The third-order valence-corrected chi connectivity index (χ3v) is 3.87. The van der Waals surface area contributed by atoms with Crippen LogP contribution in [0, 0.1) is 10.1 Å². The molecule has 1 aromatic rings. The van der Waals surface area contributed by atoms with E-state index in [1.54, 1.807) is 19.1 Å². The van der Waals surface area contributed by atoms with Gasteiger partial charge in [-0.1, -0.05) is 18.6 Å². The summed E-state index contributed by atoms with van der Waals surface area (Å²) in [6, 6.07) is 6.41. The van der Waals surface area contributed by atoms with E-state index in [1.807, 2.05) is 0 Å². The van der Waals surface area contributed by atoms with Gasteiger partial charge in [0.15, 0.2) is 0 Å². The molecule has 114 valence electrons. The molecular formula is C15H21N3O3. The molecule has 2 atom stereocenters. The van der Waals surface area contributed by atoms with Gasteiger partial charge < -0.3 is 10.6 Å². The molecule has 1 aromatic carbocycles. The molecule has 1 saturated heterocycles. The maximum atomic E-state index is 12.3. The molecule has 1 heterocycles. The summed E-state index contributed by atoms with van der Waals surface area (Å²) in [6.45, 7) is 3.55. The highest BCUT2D eigenvalue weighted by Crippen LogP contribution is 2.21. The van der Waals surface area contributed by atoms with Crippen molar-refractivity contribution < 1.29 is 9.72 Å². The smallest absolute Gasteiger partial charge is 0.269 e. The molecule has 6 nitrogen and oxygen atoms in total. The van der Waals surface area contributed by atoms with Crippen molar-refractivity contribution in [3.8, 4) is 0 Å². The number of nitro groups is 1. The minimum Gasteiger partial charge on any atom is -0.352 e. The van der Waals surface area contributed by atoms with Crippen molar-refractivity contribution in [3.05, 3.63) is 39.9 Å². The van der Waals surface area contributed by atoms with Gasteiger partial charge in [-0.2, -0.15) is 0 Å². The lowest BCUT2D eigenvalue weighted by molar-refractivity contribution is -0.384. The standard InChI is InChI=1S/C15H21N3O3/c1-11(12-5-4-7-14(9-12)18(20)21)15(19)17-13-6-2-3-8-16-10-13/h4-5,7,9,11,13,16H,2-3,6,8,10H2,1H3,(H,17,19). The summed E-state index contributed by atoms with van der Waals surface area (Å²) in [5, 5.41) is 17.1. The normalized spacial score (nSPS) is 20.3. The van der Waals surface area contributed by atoms with Crippen LogP contribution in [-0.4, -0.2) is 30.0 Å². The lowest BCUT2D eigenvalue weighted by atomic mass is 9.99. The van der Waals surface area contributed by atoms with Crippen molar-refractivity contribution in [3.63, 3.8) is 0 Å². The number of carbonyl (C=O) groups excluding carboxylic acids is 1. The van der Waals surface area contributed by atoms with Crippen LogP contribution in [0.25, 0.3) is 0 Å². The summed E-state index contributed by atoms with van der Waals surface area (Å²) >= 11 is 0. The SMILES string of the molecule is CC(C(=O)NC1CCCCNC1)c1cccc([N+](=O)[O-])c1. The summed E-state index contributed by atoms with van der Waals surface area (Å²) in [6.07, 6.45) is 3.20. The molecule has 1 amide bonds. The van der Waals surface area contributed by atoms with Crippen molar-refractivity contribution in [1.29, 1.82) is 0 Å². The van der Waals surface area contributed by atoms with Crippen LogP contribution >= 0.6 is 0 Å². The highest BCUT2D eigenvalue weighted by Gasteiger charge is 2.21. The number of nitrogens with zero attached hydrogens (tertiary/aromatic N) is 1. The molecule has 0 bridgehead atoms. The van der Waals surface area contributed by atoms with E-state index in [9.17, 15) is 14.9 Å². The van der Waals surface area contributed by atoms with Crippen molar-refractivity contribution in [2.45, 2.75) is 38.1 Å². The lowest BCUT2D eigenvalue weighted by Crippen LogP contribution is -2.42. The first-order valence-corrected chi connectivity index (χ1v) is 7.33. The topological polar surface area (TPSA) is 84.3 Å². The Morgan fingerprint density at radius 1 is 1.48 bits per heavy atom. The molecule has 2 unspecified atom stereocenters. The van der Waals surface area contributed by atoms with Gasteiger partial charge >= 0.3 is 0 Å². The molecule has 21 heavy (non-hydrogen) atoms. The Hall–Kier alpha value is -1.95. The second-order valence-electron chi connectivity index (χ2n) is 5.48. The predicted molar refractivity (Wildman–Crippen MR) is 80.2 cm³/mol. The summed E-state index contributed by atoms with van der Waals surface area (Å²) in [5.74, 6) is -0.475. The first-order chi connectivity index (χ1) is 10.1. The molecule has 0 radical (unpaired) electrons. The molecule has 6 heteroatoms. The summed E-state index contributed by atoms with van der Waals surface area (Å²) < 4.78 is 0. The summed E-state index contributed by atoms with van der Waals surface area (Å²) in [7, 11) is 0. The number of hydrogen-bond donors (Lipinski definition) is 2. The monoisotopic (exact) mass is 291 g/mol. The molecule has 1 fully saturated rings. The molecular weight excluding hydrogens is 270 g/mol. The molecule has 1 aliphatic rings. The van der Waals surface area contributed by atoms with E-state index in [-0.39, 0.29) is 17.6 Å². The van der Waals surface area contributed by atoms with Gasteiger partial charge in [0.2, 0.25) is 5.91 Å². The molecule has 0 saturated carbocycles. The predicted octanol–water partition coefficient (Wildman–Crippen LogP) is 1.96. The Morgan fingerprint density at radius 2 is 2.29 bits per heavy atom. The van der Waals surface area contributed by atoms with E-state index in [4.69, 9.17) is 0 Å². The van der Waals surface area contributed by atoms with E-state index in [1.165, 1.54) is 12.1 Å². The van der Waals surface area contributed by atoms with Gasteiger partial charge in [0.1, 0.15) is 0 Å². The van der Waals surface area contributed by atoms with E-state index >= 15 is 0 Å². The number of non-ortho nitro benzene ring substituents is 1. The Balaban J connectivity index is 2.01. The minimum absolute atomic E-state index is 0.0169. The molecule has 0 spiro atoms. The van der Waals surface area contributed by atoms with Gasteiger partial charge in [-0.25, -0.2) is 0 Å². The van der Waals surface area contributed by atoms with Crippen LogP contribution in [0.15, 0.2) is 24.3 Å². The second-order valence-corrected chi connectivity index (χ2v) is 5.48. The van der Waals surface area contributed by atoms with Gasteiger partial charge in [0, 0.05) is 24.7 Å². The van der Waals surface area contributed by atoms with Crippen molar-refractivity contribution >= 4 is 11.6 Å². The fourth-order valence-corrected chi connectivity index (χ4v) is 2.53. The number of rotatable bonds is 4. The quantitative estimate of drug-likeness (QED) is 0.656. The Kier molecular flexibility index (Phi) is 5.27. The van der Waals surface area contributed by atoms with E-state index in [0.717, 1.165) is 32.4 Å². The number of amides is 1. The van der Waals surface area contributed by atoms with Crippen molar-refractivity contribution in [1.82, 2.24) is 10.6 Å². The highest BCUT2D eigenvalue weighted by atomic mass is 16.6. The zero-order valence-electron chi connectivity index (χ0n) is 12.2. The average molecular weight is 291 g/mol. The summed E-state index contributed by atoms with van der Waals surface area (Å²) in [4.78, 5) is 22.7. The zero-order chi connectivity index (χ0) is 15.2. The van der Waals surface area contributed by atoms with Crippen molar-refractivity contribution in [2.75, 3.05) is 13.1 Å². The maximum absolute atomic E-state index is 12.3. The number of carbonyl (C=O) groups is 1. The molecule has 2 rings (SSSR count). The van der Waals surface area contributed by atoms with Gasteiger partial charge in [-0.05, 0) is 31.9 Å². The Bertz CT molecular complexity index is 511. The highest BCUT2D eigenvalue weighted by molar-refractivity contribution is 5.83. The third-order valence-electron chi connectivity index (χ3n) is 3.87. The number of nitrogens with one attached hydrogen (secondary N) is 2. The van der Waals surface area contributed by atoms with E-state index in [0.29, 0.717) is 5.56 Å². The van der Waals surface area contributed by atoms with Crippen LogP contribution in [0.3, 0.4) is 0 Å². The molecule has 0 aromatic heterocycles. The minimum atomic E-state index is -0.441. The largest absolute Gasteiger partial charge is 0.352 e. The van der Waals surface area contributed by atoms with Gasteiger partial charge in [0.25, 0.3) is 5.69 Å². The Morgan fingerprint density at radius 3 is 3.05 bits per heavy atom. The maximum Gasteiger partial charge on any atom is 0.269 e. The van der Waals surface area contributed by atoms with Crippen molar-refractivity contribution in [2.24, 2.45) is 0 Å². The van der Waals surface area contributed by atoms with Crippen LogP contribution in [0.4, 0.5) is 5.69 Å². The van der Waals surface area contributed by atoms with Gasteiger partial charge in [0.05, 0.1) is 10.8 Å². The zero-order valence-corrected chi connectivity index (χ0v) is 12.2. The molecule has 0 aliphatic carbocycles. The van der Waals surface area contributed by atoms with Crippen LogP contribution in [0.2, 0.25) is 0 Å². The van der Waals surface area contributed by atoms with Gasteiger partial charge in [-0.15, -0.1) is 0 Å².